The Hall–Kier alpha value is -1.49. The number of hydrogen-bond acceptors (Lipinski definition) is 3. The van der Waals surface area contributed by atoms with Crippen molar-refractivity contribution in [2.24, 2.45) is 0 Å². The molecular weight excluding hydrogens is 344 g/mol. The number of likely N-dealkylation sites (tertiary alicyclic amines) is 1. The quantitative estimate of drug-likeness (QED) is 0.578. The maximum Gasteiger partial charge on any atom is 0.230 e. The van der Waals surface area contributed by atoms with Crippen molar-refractivity contribution in [2.75, 3.05) is 25.4 Å². The Bertz CT molecular complexity index is 593. The fourth-order valence-corrected chi connectivity index (χ4v) is 3.75. The van der Waals surface area contributed by atoms with E-state index in [0.717, 1.165) is 43.7 Å². The summed E-state index contributed by atoms with van der Waals surface area (Å²) in [6.07, 6.45) is 4.76. The molecule has 0 radical (unpaired) electrons. The molecule has 0 spiro atoms. The van der Waals surface area contributed by atoms with Crippen LogP contribution in [0, 0.1) is 0 Å². The number of benzene rings is 1. The van der Waals surface area contributed by atoms with E-state index in [1.54, 1.807) is 11.8 Å². The maximum atomic E-state index is 12.0. The van der Waals surface area contributed by atoms with Gasteiger partial charge in [0, 0.05) is 31.0 Å². The van der Waals surface area contributed by atoms with Crippen LogP contribution in [-0.4, -0.2) is 42.1 Å². The van der Waals surface area contributed by atoms with E-state index in [9.17, 15) is 9.59 Å². The lowest BCUT2D eigenvalue weighted by molar-refractivity contribution is -0.130. The zero-order valence-corrected chi connectivity index (χ0v) is 17.2. The van der Waals surface area contributed by atoms with E-state index in [2.05, 4.69) is 50.4 Å². The summed E-state index contributed by atoms with van der Waals surface area (Å²) in [5, 5.41) is 2.96. The average molecular weight is 377 g/mol. The second-order valence-electron chi connectivity index (χ2n) is 7.96. The summed E-state index contributed by atoms with van der Waals surface area (Å²) in [6, 6.07) is 8.45. The summed E-state index contributed by atoms with van der Waals surface area (Å²) in [7, 11) is 0. The largest absolute Gasteiger partial charge is 0.355 e. The molecule has 2 rings (SSSR count). The van der Waals surface area contributed by atoms with Crippen LogP contribution >= 0.6 is 11.8 Å². The Morgan fingerprint density at radius 3 is 2.58 bits per heavy atom. The molecule has 0 aliphatic carbocycles. The van der Waals surface area contributed by atoms with Crippen LogP contribution in [0.2, 0.25) is 0 Å². The molecule has 1 aromatic carbocycles. The van der Waals surface area contributed by atoms with Gasteiger partial charge in [-0.05, 0) is 42.4 Å². The molecule has 26 heavy (non-hydrogen) atoms. The molecule has 5 heteroatoms. The molecule has 2 amide bonds. The first-order valence-corrected chi connectivity index (χ1v) is 10.6. The molecule has 0 atom stereocenters. The molecule has 0 unspecified atom stereocenters. The molecule has 1 heterocycles. The molecule has 1 N–H and O–H groups in total. The van der Waals surface area contributed by atoms with Gasteiger partial charge in [-0.3, -0.25) is 9.59 Å². The van der Waals surface area contributed by atoms with Crippen LogP contribution in [0.4, 0.5) is 0 Å². The van der Waals surface area contributed by atoms with Crippen molar-refractivity contribution in [1.82, 2.24) is 10.2 Å². The van der Waals surface area contributed by atoms with Gasteiger partial charge in [0.1, 0.15) is 0 Å². The smallest absolute Gasteiger partial charge is 0.230 e. The highest BCUT2D eigenvalue weighted by molar-refractivity contribution is 8.00. The topological polar surface area (TPSA) is 49.4 Å². The molecule has 0 aromatic heterocycles. The van der Waals surface area contributed by atoms with E-state index in [-0.39, 0.29) is 17.2 Å². The van der Waals surface area contributed by atoms with Crippen LogP contribution < -0.4 is 5.32 Å². The first-order valence-electron chi connectivity index (χ1n) is 9.64. The highest BCUT2D eigenvalue weighted by Crippen LogP contribution is 2.25. The second kappa shape index (κ2) is 10.0. The molecule has 1 saturated heterocycles. The van der Waals surface area contributed by atoms with Gasteiger partial charge in [0.05, 0.1) is 5.75 Å². The Labute approximate surface area is 162 Å². The highest BCUT2D eigenvalue weighted by Gasteiger charge is 2.16. The normalized spacial score (nSPS) is 15.7. The lowest BCUT2D eigenvalue weighted by Crippen LogP contribution is -2.34. The van der Waals surface area contributed by atoms with Gasteiger partial charge < -0.3 is 10.2 Å². The van der Waals surface area contributed by atoms with E-state index in [0.29, 0.717) is 18.7 Å². The summed E-state index contributed by atoms with van der Waals surface area (Å²) in [5.41, 5.74) is 1.45. The van der Waals surface area contributed by atoms with E-state index in [1.165, 1.54) is 5.56 Å². The Morgan fingerprint density at radius 1 is 1.15 bits per heavy atom. The molecule has 1 fully saturated rings. The summed E-state index contributed by atoms with van der Waals surface area (Å²) in [6.45, 7) is 8.84. The lowest BCUT2D eigenvalue weighted by atomic mass is 9.87. The minimum Gasteiger partial charge on any atom is -0.355 e. The molecular formula is C21H32N2O2S. The highest BCUT2D eigenvalue weighted by atomic mass is 32.2. The predicted octanol–water partition coefficient (Wildman–Crippen LogP) is 3.99. The SMILES string of the molecule is CC(C)(C)c1ccc(SCC(=O)NCCCN2CCCCCC2=O)cc1. The molecule has 1 aromatic rings. The molecule has 4 nitrogen and oxygen atoms in total. The average Bonchev–Trinajstić information content (AvgIpc) is 2.81. The predicted molar refractivity (Wildman–Crippen MR) is 109 cm³/mol. The van der Waals surface area contributed by atoms with Crippen molar-refractivity contribution in [1.29, 1.82) is 0 Å². The van der Waals surface area contributed by atoms with Crippen LogP contribution in [-0.2, 0) is 15.0 Å². The first kappa shape index (κ1) is 20.8. The lowest BCUT2D eigenvalue weighted by Gasteiger charge is -2.20. The molecule has 0 saturated carbocycles. The number of rotatable bonds is 7. The van der Waals surface area contributed by atoms with Gasteiger partial charge in [-0.25, -0.2) is 0 Å². The molecule has 144 valence electrons. The van der Waals surface area contributed by atoms with E-state index in [1.807, 2.05) is 4.90 Å². The van der Waals surface area contributed by atoms with Crippen LogP contribution in [0.3, 0.4) is 0 Å². The van der Waals surface area contributed by atoms with Crippen LogP contribution in [0.1, 0.15) is 58.4 Å². The van der Waals surface area contributed by atoms with Crippen molar-refractivity contribution in [2.45, 2.75) is 63.2 Å². The van der Waals surface area contributed by atoms with Gasteiger partial charge in [0.25, 0.3) is 0 Å². The van der Waals surface area contributed by atoms with Crippen molar-refractivity contribution < 1.29 is 9.59 Å². The molecule has 1 aliphatic rings. The van der Waals surface area contributed by atoms with E-state index < -0.39 is 0 Å². The standard InChI is InChI=1S/C21H32N2O2S/c1-21(2,3)17-9-11-18(12-10-17)26-16-19(24)22-13-7-15-23-14-6-4-5-8-20(23)25/h9-12H,4-8,13-16H2,1-3H3,(H,22,24). The van der Waals surface area contributed by atoms with E-state index >= 15 is 0 Å². The third-order valence-electron chi connectivity index (χ3n) is 4.69. The number of nitrogens with zero attached hydrogens (tertiary/aromatic N) is 1. The third-order valence-corrected chi connectivity index (χ3v) is 5.70. The van der Waals surface area contributed by atoms with Crippen LogP contribution in [0.15, 0.2) is 29.2 Å². The van der Waals surface area contributed by atoms with Crippen molar-refractivity contribution in [3.8, 4) is 0 Å². The van der Waals surface area contributed by atoms with Crippen molar-refractivity contribution in [3.05, 3.63) is 29.8 Å². The minimum absolute atomic E-state index is 0.0529. The third kappa shape index (κ3) is 7.02. The fourth-order valence-electron chi connectivity index (χ4n) is 3.02. The van der Waals surface area contributed by atoms with Crippen LogP contribution in [0.25, 0.3) is 0 Å². The van der Waals surface area contributed by atoms with Crippen molar-refractivity contribution in [3.63, 3.8) is 0 Å². The van der Waals surface area contributed by atoms with Gasteiger partial charge in [-0.15, -0.1) is 11.8 Å². The number of thioether (sulfide) groups is 1. The fraction of sp³-hybridized carbons (Fsp3) is 0.619. The number of hydrogen-bond donors (Lipinski definition) is 1. The summed E-state index contributed by atoms with van der Waals surface area (Å²) >= 11 is 1.56. The second-order valence-corrected chi connectivity index (χ2v) is 9.01. The van der Waals surface area contributed by atoms with Gasteiger partial charge >= 0.3 is 0 Å². The Balaban J connectivity index is 1.63. The monoisotopic (exact) mass is 376 g/mol. The summed E-state index contributed by atoms with van der Waals surface area (Å²) < 4.78 is 0. The summed E-state index contributed by atoms with van der Waals surface area (Å²) in [5.74, 6) is 0.748. The maximum absolute atomic E-state index is 12.0. The van der Waals surface area contributed by atoms with Gasteiger partial charge in [-0.2, -0.15) is 0 Å². The van der Waals surface area contributed by atoms with Gasteiger partial charge in [0.2, 0.25) is 11.8 Å². The summed E-state index contributed by atoms with van der Waals surface area (Å²) in [4.78, 5) is 27.0. The number of nitrogens with one attached hydrogen (secondary N) is 1. The Morgan fingerprint density at radius 2 is 1.88 bits per heavy atom. The zero-order valence-electron chi connectivity index (χ0n) is 16.3. The number of amides is 2. The minimum atomic E-state index is 0.0529. The Kier molecular flexibility index (Phi) is 8.01. The zero-order chi connectivity index (χ0) is 19.0. The van der Waals surface area contributed by atoms with Crippen molar-refractivity contribution >= 4 is 23.6 Å². The molecule has 1 aliphatic heterocycles. The van der Waals surface area contributed by atoms with E-state index in [4.69, 9.17) is 0 Å². The van der Waals surface area contributed by atoms with Gasteiger partial charge in [-0.1, -0.05) is 39.3 Å². The van der Waals surface area contributed by atoms with Gasteiger partial charge in [0.15, 0.2) is 0 Å². The first-order chi connectivity index (χ1) is 12.4. The number of carbonyl (C=O) groups excluding carboxylic acids is 2. The molecule has 0 bridgehead atoms. The van der Waals surface area contributed by atoms with Crippen LogP contribution in [0.5, 0.6) is 0 Å². The number of carbonyl (C=O) groups is 2.